The van der Waals surface area contributed by atoms with Crippen LogP contribution < -0.4 is 0 Å². The van der Waals surface area contributed by atoms with Crippen LogP contribution in [0.3, 0.4) is 0 Å². The maximum atomic E-state index is 11.4. The first kappa shape index (κ1) is 18.0. The molecule has 0 spiro atoms. The first-order valence-electron chi connectivity index (χ1n) is 8.14. The van der Waals surface area contributed by atoms with Gasteiger partial charge >= 0.3 is 11.9 Å². The Bertz CT molecular complexity index is 324. The summed E-state index contributed by atoms with van der Waals surface area (Å²) in [6, 6.07) is 0. The van der Waals surface area contributed by atoms with Gasteiger partial charge in [0.1, 0.15) is 0 Å². The van der Waals surface area contributed by atoms with Gasteiger partial charge in [0, 0.05) is 6.42 Å². The summed E-state index contributed by atoms with van der Waals surface area (Å²) in [6.45, 7) is 2.01. The maximum absolute atomic E-state index is 11.4. The summed E-state index contributed by atoms with van der Waals surface area (Å²) in [4.78, 5) is 24.1. The highest BCUT2D eigenvalue weighted by atomic mass is 16.4. The number of piperidine rings is 1. The molecule has 0 aromatic carbocycles. The average molecular weight is 299 g/mol. The predicted molar refractivity (Wildman–Crippen MR) is 81.3 cm³/mol. The molecule has 0 amide bonds. The largest absolute Gasteiger partial charge is 0.481 e. The third-order valence-electron chi connectivity index (χ3n) is 4.56. The molecule has 5 nitrogen and oxygen atoms in total. The van der Waals surface area contributed by atoms with Crippen molar-refractivity contribution in [3.63, 3.8) is 0 Å². The van der Waals surface area contributed by atoms with E-state index in [0.717, 1.165) is 64.5 Å². The van der Waals surface area contributed by atoms with Crippen molar-refractivity contribution in [2.24, 2.45) is 11.8 Å². The van der Waals surface area contributed by atoms with E-state index in [1.54, 1.807) is 0 Å². The number of rotatable bonds is 10. The van der Waals surface area contributed by atoms with Crippen LogP contribution in [0.15, 0.2) is 0 Å². The fourth-order valence-corrected chi connectivity index (χ4v) is 3.16. The molecule has 1 aliphatic rings. The smallest absolute Gasteiger partial charge is 0.306 e. The number of carboxylic acids is 2. The number of hydrogen-bond donors (Lipinski definition) is 2. The Morgan fingerprint density at radius 3 is 2.19 bits per heavy atom. The molecule has 1 unspecified atom stereocenters. The van der Waals surface area contributed by atoms with Gasteiger partial charge in [-0.05, 0) is 51.7 Å². The zero-order chi connectivity index (χ0) is 15.7. The van der Waals surface area contributed by atoms with Crippen molar-refractivity contribution in [3.05, 3.63) is 0 Å². The highest BCUT2D eigenvalue weighted by Crippen LogP contribution is 2.29. The number of hydrogen-bond acceptors (Lipinski definition) is 3. The number of unbranched alkanes of at least 4 members (excludes halogenated alkanes) is 4. The Morgan fingerprint density at radius 1 is 1.05 bits per heavy atom. The molecule has 1 aliphatic heterocycles. The van der Waals surface area contributed by atoms with Crippen LogP contribution in [0.4, 0.5) is 0 Å². The molecule has 1 saturated heterocycles. The zero-order valence-corrected chi connectivity index (χ0v) is 13.1. The number of nitrogens with zero attached hydrogens (tertiary/aromatic N) is 1. The first-order valence-corrected chi connectivity index (χ1v) is 8.14. The van der Waals surface area contributed by atoms with E-state index < -0.39 is 11.9 Å². The first-order chi connectivity index (χ1) is 10.0. The lowest BCUT2D eigenvalue weighted by Crippen LogP contribution is -2.35. The van der Waals surface area contributed by atoms with Crippen LogP contribution in [0.2, 0.25) is 0 Å². The molecule has 5 heteroatoms. The maximum Gasteiger partial charge on any atom is 0.306 e. The second-order valence-corrected chi connectivity index (χ2v) is 6.29. The molecule has 0 aromatic heterocycles. The van der Waals surface area contributed by atoms with Gasteiger partial charge < -0.3 is 15.1 Å². The van der Waals surface area contributed by atoms with Gasteiger partial charge in [-0.15, -0.1) is 0 Å². The highest BCUT2D eigenvalue weighted by molar-refractivity contribution is 5.70. The summed E-state index contributed by atoms with van der Waals surface area (Å²) >= 11 is 0. The molecule has 0 bridgehead atoms. The summed E-state index contributed by atoms with van der Waals surface area (Å²) in [5, 5.41) is 18.0. The molecule has 2 N–H and O–H groups in total. The average Bonchev–Trinajstić information content (AvgIpc) is 2.42. The summed E-state index contributed by atoms with van der Waals surface area (Å²) in [5.41, 5.74) is 0. The van der Waals surface area contributed by atoms with E-state index in [0.29, 0.717) is 5.92 Å². The lowest BCUT2D eigenvalue weighted by molar-refractivity contribution is -0.144. The van der Waals surface area contributed by atoms with E-state index in [2.05, 4.69) is 11.9 Å². The molecular formula is C16H29NO4. The minimum absolute atomic E-state index is 0.197. The fraction of sp³-hybridized carbons (Fsp3) is 0.875. The standard InChI is InChI=1S/C16H29NO4/c1-17-11-9-13(10-12-17)14(16(20)21)7-5-3-2-4-6-8-15(18)19/h13-14H,2-12H2,1H3,(H,18,19)(H,20,21). The molecule has 1 rings (SSSR count). The Morgan fingerprint density at radius 2 is 1.62 bits per heavy atom. The van der Waals surface area contributed by atoms with E-state index in [-0.39, 0.29) is 12.3 Å². The van der Waals surface area contributed by atoms with E-state index >= 15 is 0 Å². The van der Waals surface area contributed by atoms with E-state index in [9.17, 15) is 14.7 Å². The van der Waals surface area contributed by atoms with Crippen molar-refractivity contribution in [2.45, 2.75) is 57.8 Å². The van der Waals surface area contributed by atoms with E-state index in [4.69, 9.17) is 5.11 Å². The zero-order valence-electron chi connectivity index (χ0n) is 13.1. The second kappa shape index (κ2) is 9.77. The van der Waals surface area contributed by atoms with Crippen molar-refractivity contribution in [1.29, 1.82) is 0 Å². The van der Waals surface area contributed by atoms with Gasteiger partial charge in [-0.3, -0.25) is 9.59 Å². The van der Waals surface area contributed by atoms with Crippen LogP contribution in [0.25, 0.3) is 0 Å². The van der Waals surface area contributed by atoms with Crippen LogP contribution in [-0.4, -0.2) is 47.2 Å². The Kier molecular flexibility index (Phi) is 8.35. The van der Waals surface area contributed by atoms with Crippen molar-refractivity contribution < 1.29 is 19.8 Å². The number of likely N-dealkylation sites (tertiary alicyclic amines) is 1. The van der Waals surface area contributed by atoms with Gasteiger partial charge in [0.15, 0.2) is 0 Å². The molecule has 0 aliphatic carbocycles. The second-order valence-electron chi connectivity index (χ2n) is 6.29. The van der Waals surface area contributed by atoms with Gasteiger partial charge in [-0.2, -0.15) is 0 Å². The van der Waals surface area contributed by atoms with Crippen molar-refractivity contribution in [2.75, 3.05) is 20.1 Å². The highest BCUT2D eigenvalue weighted by Gasteiger charge is 2.29. The molecule has 1 atom stereocenters. The van der Waals surface area contributed by atoms with Crippen LogP contribution in [-0.2, 0) is 9.59 Å². The third-order valence-corrected chi connectivity index (χ3v) is 4.56. The Balaban J connectivity index is 2.17. The van der Waals surface area contributed by atoms with Gasteiger partial charge in [-0.25, -0.2) is 0 Å². The monoisotopic (exact) mass is 299 g/mol. The summed E-state index contributed by atoms with van der Waals surface area (Å²) in [6.07, 6.45) is 7.61. The van der Waals surface area contributed by atoms with Crippen molar-refractivity contribution in [1.82, 2.24) is 4.90 Å². The van der Waals surface area contributed by atoms with Crippen molar-refractivity contribution in [3.8, 4) is 0 Å². The van der Waals surface area contributed by atoms with Crippen LogP contribution in [0.1, 0.15) is 57.8 Å². The fourth-order valence-electron chi connectivity index (χ4n) is 3.16. The Hall–Kier alpha value is -1.10. The normalized spacial score (nSPS) is 18.5. The van der Waals surface area contributed by atoms with Gasteiger partial charge in [0.25, 0.3) is 0 Å². The van der Waals surface area contributed by atoms with E-state index in [1.165, 1.54) is 0 Å². The van der Waals surface area contributed by atoms with Gasteiger partial charge in [0.2, 0.25) is 0 Å². The summed E-state index contributed by atoms with van der Waals surface area (Å²) in [5.74, 6) is -1.25. The van der Waals surface area contributed by atoms with Crippen LogP contribution in [0.5, 0.6) is 0 Å². The van der Waals surface area contributed by atoms with Gasteiger partial charge in [-0.1, -0.05) is 25.7 Å². The van der Waals surface area contributed by atoms with Gasteiger partial charge in [0.05, 0.1) is 5.92 Å². The molecule has 1 heterocycles. The minimum atomic E-state index is -0.733. The third kappa shape index (κ3) is 7.46. The summed E-state index contributed by atoms with van der Waals surface area (Å²) < 4.78 is 0. The van der Waals surface area contributed by atoms with E-state index in [1.807, 2.05) is 0 Å². The molecule has 1 fully saturated rings. The molecular weight excluding hydrogens is 270 g/mol. The number of carbonyl (C=O) groups is 2. The van der Waals surface area contributed by atoms with Crippen molar-refractivity contribution >= 4 is 11.9 Å². The Labute approximate surface area is 127 Å². The lowest BCUT2D eigenvalue weighted by Gasteiger charge is -2.32. The lowest BCUT2D eigenvalue weighted by atomic mass is 9.81. The number of carboxylic acid groups (broad SMARTS) is 2. The molecule has 0 saturated carbocycles. The SMILES string of the molecule is CN1CCC(C(CCCCCCCC(=O)O)C(=O)O)CC1. The quantitative estimate of drug-likeness (QED) is 0.606. The van der Waals surface area contributed by atoms with Crippen LogP contribution in [0, 0.1) is 11.8 Å². The topological polar surface area (TPSA) is 77.8 Å². The molecule has 21 heavy (non-hydrogen) atoms. The predicted octanol–water partition coefficient (Wildman–Crippen LogP) is 2.84. The minimum Gasteiger partial charge on any atom is -0.481 e. The molecule has 0 radical (unpaired) electrons. The molecule has 0 aromatic rings. The molecule has 122 valence electrons. The van der Waals surface area contributed by atoms with Crippen LogP contribution >= 0.6 is 0 Å². The summed E-state index contributed by atoms with van der Waals surface area (Å²) in [7, 11) is 2.09. The number of aliphatic carboxylic acids is 2.